The molecule has 1 fully saturated rings. The number of likely N-dealkylation sites (tertiary alicyclic amines) is 1. The van der Waals surface area contributed by atoms with Crippen LogP contribution in [-0.2, 0) is 9.59 Å². The first-order chi connectivity index (χ1) is 7.95. The molecule has 0 spiro atoms. The molecule has 0 aliphatic carbocycles. The number of rotatable bonds is 0. The Balaban J connectivity index is -0.000000180. The Labute approximate surface area is 107 Å². The first-order valence-electron chi connectivity index (χ1n) is 6.37. The summed E-state index contributed by atoms with van der Waals surface area (Å²) in [5.41, 5.74) is 0. The van der Waals surface area contributed by atoms with Gasteiger partial charge in [0.05, 0.1) is 0 Å². The minimum atomic E-state index is 0.0926. The molecule has 0 saturated carbocycles. The highest BCUT2D eigenvalue weighted by molar-refractivity contribution is 5.77. The molecule has 0 aromatic rings. The van der Waals surface area contributed by atoms with Crippen LogP contribution >= 0.6 is 0 Å². The summed E-state index contributed by atoms with van der Waals surface area (Å²) in [4.78, 5) is 23.9. The van der Waals surface area contributed by atoms with Crippen molar-refractivity contribution < 1.29 is 9.59 Å². The van der Waals surface area contributed by atoms with E-state index in [1.807, 2.05) is 34.7 Å². The molecule has 0 aromatic carbocycles. The number of nitrogens with zero attached hydrogens (tertiary/aromatic N) is 2. The molecule has 1 aliphatic heterocycles. The lowest BCUT2D eigenvalue weighted by atomic mass is 10.4. The van der Waals surface area contributed by atoms with Crippen molar-refractivity contribution in [3.63, 3.8) is 0 Å². The number of amides is 2. The van der Waals surface area contributed by atoms with Gasteiger partial charge in [-0.2, -0.15) is 0 Å². The van der Waals surface area contributed by atoms with Crippen LogP contribution in [0.4, 0.5) is 0 Å². The smallest absolute Gasteiger partial charge is 0.222 e. The number of hydrogen-bond acceptors (Lipinski definition) is 2. The molecule has 0 bridgehead atoms. The maximum absolute atomic E-state index is 10.5. The van der Waals surface area contributed by atoms with Gasteiger partial charge in [-0.3, -0.25) is 9.59 Å². The predicted octanol–water partition coefficient (Wildman–Crippen LogP) is 2.39. The van der Waals surface area contributed by atoms with Crippen LogP contribution < -0.4 is 0 Å². The molecule has 0 N–H and O–H groups in total. The Bertz CT molecular complexity index is 192. The predicted molar refractivity (Wildman–Crippen MR) is 73.9 cm³/mol. The summed E-state index contributed by atoms with van der Waals surface area (Å²) in [5, 5.41) is 0. The van der Waals surface area contributed by atoms with Crippen molar-refractivity contribution in [2.75, 3.05) is 27.7 Å². The van der Waals surface area contributed by atoms with Gasteiger partial charge in [0.25, 0.3) is 0 Å². The quantitative estimate of drug-likeness (QED) is 0.658. The van der Waals surface area contributed by atoms with Crippen molar-refractivity contribution in [1.82, 2.24) is 9.80 Å². The van der Waals surface area contributed by atoms with Crippen LogP contribution in [0.15, 0.2) is 0 Å². The monoisotopic (exact) mass is 246 g/mol. The van der Waals surface area contributed by atoms with Gasteiger partial charge in [0.15, 0.2) is 0 Å². The van der Waals surface area contributed by atoms with Crippen molar-refractivity contribution >= 4 is 11.8 Å². The highest BCUT2D eigenvalue weighted by Gasteiger charge is 2.14. The minimum Gasteiger partial charge on any atom is -0.349 e. The topological polar surface area (TPSA) is 40.6 Å². The Morgan fingerprint density at radius 2 is 1.53 bits per heavy atom. The Morgan fingerprint density at radius 3 is 1.59 bits per heavy atom. The van der Waals surface area contributed by atoms with Gasteiger partial charge < -0.3 is 9.80 Å². The van der Waals surface area contributed by atoms with E-state index in [1.54, 1.807) is 19.0 Å². The average molecular weight is 246 g/mol. The molecule has 0 radical (unpaired) electrons. The lowest BCUT2D eigenvalue weighted by molar-refractivity contribution is -0.127. The van der Waals surface area contributed by atoms with Crippen molar-refractivity contribution in [2.45, 2.75) is 47.5 Å². The van der Waals surface area contributed by atoms with Crippen LogP contribution in [-0.4, -0.2) is 49.3 Å². The zero-order valence-electron chi connectivity index (χ0n) is 12.8. The van der Waals surface area contributed by atoms with Gasteiger partial charge in [0, 0.05) is 41.0 Å². The molecule has 104 valence electrons. The number of carbonyl (C=O) groups is 2. The van der Waals surface area contributed by atoms with Crippen molar-refractivity contribution in [2.24, 2.45) is 0 Å². The standard InChI is InChI=1S/C5H9NO.C4H9NO.2C2H6/c1-6-4-2-3-5(6)7;1-4(6)5(2)3;2*1-2/h2-4H2,1H3;1-3H3;2*1-2H3. The summed E-state index contributed by atoms with van der Waals surface area (Å²) in [5.74, 6) is 0.384. The lowest BCUT2D eigenvalue weighted by Crippen LogP contribution is -2.17. The van der Waals surface area contributed by atoms with Crippen LogP contribution in [0.25, 0.3) is 0 Å². The fourth-order valence-corrected chi connectivity index (χ4v) is 0.783. The molecule has 4 heteroatoms. The third kappa shape index (κ3) is 14.9. The maximum Gasteiger partial charge on any atom is 0.222 e. The zero-order chi connectivity index (χ0) is 14.4. The third-order valence-corrected chi connectivity index (χ3v) is 1.94. The van der Waals surface area contributed by atoms with E-state index in [4.69, 9.17) is 0 Å². The fraction of sp³-hybridized carbons (Fsp3) is 0.846. The second-order valence-electron chi connectivity index (χ2n) is 3.33. The molecule has 1 aliphatic rings. The molecular weight excluding hydrogens is 216 g/mol. The highest BCUT2D eigenvalue weighted by Crippen LogP contribution is 2.04. The molecule has 4 nitrogen and oxygen atoms in total. The summed E-state index contributed by atoms with van der Waals surface area (Å²) >= 11 is 0. The summed E-state index contributed by atoms with van der Waals surface area (Å²) < 4.78 is 0. The average Bonchev–Trinajstić information content (AvgIpc) is 2.69. The third-order valence-electron chi connectivity index (χ3n) is 1.94. The Kier molecular flexibility index (Phi) is 18.7. The number of hydrogen-bond donors (Lipinski definition) is 0. The van der Waals surface area contributed by atoms with Crippen LogP contribution in [0.2, 0.25) is 0 Å². The minimum absolute atomic E-state index is 0.0926. The van der Waals surface area contributed by atoms with E-state index in [0.717, 1.165) is 19.4 Å². The van der Waals surface area contributed by atoms with Crippen LogP contribution in [0, 0.1) is 0 Å². The first-order valence-corrected chi connectivity index (χ1v) is 6.37. The number of carbonyl (C=O) groups excluding carboxylic acids is 2. The molecule has 0 atom stereocenters. The second kappa shape index (κ2) is 14.9. The summed E-state index contributed by atoms with van der Waals surface area (Å²) in [6, 6.07) is 0. The van der Waals surface area contributed by atoms with Gasteiger partial charge in [-0.15, -0.1) is 0 Å². The van der Waals surface area contributed by atoms with E-state index in [-0.39, 0.29) is 5.91 Å². The lowest BCUT2D eigenvalue weighted by Gasteiger charge is -2.03. The van der Waals surface area contributed by atoms with E-state index in [0.29, 0.717) is 5.91 Å². The van der Waals surface area contributed by atoms with Gasteiger partial charge in [0.2, 0.25) is 11.8 Å². The van der Waals surface area contributed by atoms with Crippen LogP contribution in [0.3, 0.4) is 0 Å². The molecular formula is C13H30N2O2. The van der Waals surface area contributed by atoms with E-state index >= 15 is 0 Å². The van der Waals surface area contributed by atoms with E-state index in [2.05, 4.69) is 0 Å². The van der Waals surface area contributed by atoms with Gasteiger partial charge in [0.1, 0.15) is 0 Å². The SMILES string of the molecule is CC.CC.CC(=O)N(C)C.CN1CCCC1=O. The molecule has 1 rings (SSSR count). The van der Waals surface area contributed by atoms with Crippen molar-refractivity contribution in [3.05, 3.63) is 0 Å². The molecule has 0 unspecified atom stereocenters. The maximum atomic E-state index is 10.5. The van der Waals surface area contributed by atoms with Crippen molar-refractivity contribution in [1.29, 1.82) is 0 Å². The summed E-state index contributed by atoms with van der Waals surface area (Å²) in [7, 11) is 5.29. The summed E-state index contributed by atoms with van der Waals surface area (Å²) in [6.45, 7) is 10.5. The van der Waals surface area contributed by atoms with Gasteiger partial charge >= 0.3 is 0 Å². The molecule has 1 heterocycles. The van der Waals surface area contributed by atoms with Crippen LogP contribution in [0.1, 0.15) is 47.5 Å². The van der Waals surface area contributed by atoms with E-state index in [1.165, 1.54) is 11.8 Å². The van der Waals surface area contributed by atoms with Gasteiger partial charge in [-0.25, -0.2) is 0 Å². The zero-order valence-corrected chi connectivity index (χ0v) is 12.8. The Hall–Kier alpha value is -1.06. The first kappa shape index (κ1) is 21.2. The van der Waals surface area contributed by atoms with E-state index in [9.17, 15) is 9.59 Å². The van der Waals surface area contributed by atoms with Crippen molar-refractivity contribution in [3.8, 4) is 0 Å². The molecule has 1 saturated heterocycles. The molecule has 0 aromatic heterocycles. The van der Waals surface area contributed by atoms with Crippen LogP contribution in [0.5, 0.6) is 0 Å². The molecule has 17 heavy (non-hydrogen) atoms. The Morgan fingerprint density at radius 1 is 1.18 bits per heavy atom. The highest BCUT2D eigenvalue weighted by atomic mass is 16.2. The fourth-order valence-electron chi connectivity index (χ4n) is 0.783. The second-order valence-corrected chi connectivity index (χ2v) is 3.33. The van der Waals surface area contributed by atoms with E-state index < -0.39 is 0 Å². The summed E-state index contributed by atoms with van der Waals surface area (Å²) in [6.07, 6.45) is 1.81. The largest absolute Gasteiger partial charge is 0.349 e. The van der Waals surface area contributed by atoms with Gasteiger partial charge in [-0.1, -0.05) is 27.7 Å². The van der Waals surface area contributed by atoms with Gasteiger partial charge in [-0.05, 0) is 6.42 Å². The molecule has 2 amide bonds. The normalized spacial score (nSPS) is 12.2.